The van der Waals surface area contributed by atoms with Crippen LogP contribution in [0.4, 0.5) is 0 Å². The summed E-state index contributed by atoms with van der Waals surface area (Å²) in [5, 5.41) is 8.72. The molecule has 21 heavy (non-hydrogen) atoms. The second-order valence-electron chi connectivity index (χ2n) is 6.18. The Morgan fingerprint density at radius 1 is 1.38 bits per heavy atom. The number of nitrogens with two attached hydrogens (primary N) is 1. The molecule has 1 saturated heterocycles. The van der Waals surface area contributed by atoms with Crippen LogP contribution >= 0.6 is 0 Å². The lowest BCUT2D eigenvalue weighted by atomic mass is 9.90. The second-order valence-corrected chi connectivity index (χ2v) is 7.74. The molecule has 1 aromatic carbocycles. The van der Waals surface area contributed by atoms with Gasteiger partial charge < -0.3 is 10.2 Å². The number of rotatable bonds is 4. The summed E-state index contributed by atoms with van der Waals surface area (Å²) >= 11 is 0. The van der Waals surface area contributed by atoms with Crippen LogP contribution in [0.3, 0.4) is 0 Å². The molecule has 2 rings (SSSR count). The Labute approximate surface area is 127 Å². The van der Waals surface area contributed by atoms with Crippen LogP contribution in [-0.4, -0.2) is 39.0 Å². The van der Waals surface area contributed by atoms with E-state index in [0.29, 0.717) is 24.5 Å². The van der Waals surface area contributed by atoms with E-state index in [1.807, 2.05) is 6.07 Å². The van der Waals surface area contributed by atoms with Gasteiger partial charge >= 0.3 is 0 Å². The molecule has 3 N–H and O–H groups in total. The van der Waals surface area contributed by atoms with Gasteiger partial charge in [0.05, 0.1) is 4.90 Å². The molecule has 0 bridgehead atoms. The van der Waals surface area contributed by atoms with Crippen LogP contribution in [0, 0.1) is 5.92 Å². The van der Waals surface area contributed by atoms with E-state index < -0.39 is 10.0 Å². The third-order valence-electron chi connectivity index (χ3n) is 4.41. The van der Waals surface area contributed by atoms with Crippen molar-refractivity contribution in [3.63, 3.8) is 0 Å². The van der Waals surface area contributed by atoms with Crippen molar-refractivity contribution in [2.75, 3.05) is 13.6 Å². The number of likely N-dealkylation sites (tertiary alicyclic amines) is 1. The van der Waals surface area contributed by atoms with Crippen molar-refractivity contribution in [2.24, 2.45) is 11.1 Å². The average molecular weight is 311 g/mol. The first-order chi connectivity index (χ1) is 9.77. The standard InChI is InChI=1S/C15H25N3O2S/c1-11-10-18(3)12(2)7-15(11)17-9-13-5-4-6-14(8-13)21(16,19)20/h4-6,8,11-12,15,17H,7,9-10H2,1-3H3,(H2,16,19,20). The fourth-order valence-electron chi connectivity index (χ4n) is 2.91. The lowest BCUT2D eigenvalue weighted by Crippen LogP contribution is -2.50. The number of nitrogens with one attached hydrogen (secondary N) is 1. The van der Waals surface area contributed by atoms with Crippen LogP contribution < -0.4 is 10.5 Å². The molecule has 1 aromatic rings. The minimum atomic E-state index is -3.63. The number of benzene rings is 1. The van der Waals surface area contributed by atoms with Crippen molar-refractivity contribution in [2.45, 2.75) is 43.8 Å². The molecule has 0 radical (unpaired) electrons. The van der Waals surface area contributed by atoms with Crippen LogP contribution in [0.2, 0.25) is 0 Å². The normalized spacial score (nSPS) is 27.7. The zero-order valence-electron chi connectivity index (χ0n) is 12.9. The Morgan fingerprint density at radius 3 is 2.76 bits per heavy atom. The van der Waals surface area contributed by atoms with Crippen molar-refractivity contribution in [1.29, 1.82) is 0 Å². The highest BCUT2D eigenvalue weighted by atomic mass is 32.2. The molecule has 1 aliphatic rings. The predicted octanol–water partition coefficient (Wildman–Crippen LogP) is 1.15. The van der Waals surface area contributed by atoms with Gasteiger partial charge in [-0.05, 0) is 44.0 Å². The summed E-state index contributed by atoms with van der Waals surface area (Å²) in [5.74, 6) is 0.577. The summed E-state index contributed by atoms with van der Waals surface area (Å²) in [4.78, 5) is 2.55. The summed E-state index contributed by atoms with van der Waals surface area (Å²) < 4.78 is 22.7. The van der Waals surface area contributed by atoms with Crippen molar-refractivity contribution in [1.82, 2.24) is 10.2 Å². The van der Waals surface area contributed by atoms with E-state index in [2.05, 4.69) is 31.1 Å². The molecule has 0 aliphatic carbocycles. The van der Waals surface area contributed by atoms with E-state index in [1.54, 1.807) is 12.1 Å². The maximum Gasteiger partial charge on any atom is 0.238 e. The molecule has 0 aromatic heterocycles. The maximum atomic E-state index is 11.4. The number of sulfonamides is 1. The van der Waals surface area contributed by atoms with E-state index in [4.69, 9.17) is 5.14 Å². The Balaban J connectivity index is 2.00. The zero-order chi connectivity index (χ0) is 15.6. The number of nitrogens with zero attached hydrogens (tertiary/aromatic N) is 1. The summed E-state index contributed by atoms with van der Waals surface area (Å²) in [5.41, 5.74) is 0.945. The molecule has 5 nitrogen and oxygen atoms in total. The van der Waals surface area contributed by atoms with Crippen LogP contribution in [-0.2, 0) is 16.6 Å². The van der Waals surface area contributed by atoms with Crippen molar-refractivity contribution in [3.05, 3.63) is 29.8 Å². The Hall–Kier alpha value is -0.950. The number of piperidine rings is 1. The van der Waals surface area contributed by atoms with Gasteiger partial charge in [0.25, 0.3) is 0 Å². The average Bonchev–Trinajstić information content (AvgIpc) is 2.41. The first kappa shape index (κ1) is 16.4. The number of hydrogen-bond acceptors (Lipinski definition) is 4. The fourth-order valence-corrected chi connectivity index (χ4v) is 3.49. The number of hydrogen-bond donors (Lipinski definition) is 2. The molecular formula is C15H25N3O2S. The highest BCUT2D eigenvalue weighted by Crippen LogP contribution is 2.21. The Kier molecular flexibility index (Phi) is 5.03. The molecule has 3 atom stereocenters. The van der Waals surface area contributed by atoms with Gasteiger partial charge in [-0.15, -0.1) is 0 Å². The third kappa shape index (κ3) is 4.26. The summed E-state index contributed by atoms with van der Waals surface area (Å²) in [6.45, 7) is 6.23. The second kappa shape index (κ2) is 6.44. The van der Waals surface area contributed by atoms with Gasteiger partial charge in [-0.3, -0.25) is 0 Å². The van der Waals surface area contributed by atoms with Crippen LogP contribution in [0.5, 0.6) is 0 Å². The largest absolute Gasteiger partial charge is 0.310 e. The van der Waals surface area contributed by atoms with Gasteiger partial charge in [-0.25, -0.2) is 13.6 Å². The summed E-state index contributed by atoms with van der Waals surface area (Å²) in [6.07, 6.45) is 1.10. The van der Waals surface area contributed by atoms with Crippen LogP contribution in [0.15, 0.2) is 29.2 Å². The molecular weight excluding hydrogens is 286 g/mol. The third-order valence-corrected chi connectivity index (χ3v) is 5.32. The van der Waals surface area contributed by atoms with Gasteiger partial charge in [-0.2, -0.15) is 0 Å². The lowest BCUT2D eigenvalue weighted by Gasteiger charge is -2.40. The smallest absolute Gasteiger partial charge is 0.238 e. The SMILES string of the molecule is CC1CN(C)C(C)CC1NCc1cccc(S(N)(=O)=O)c1. The van der Waals surface area contributed by atoms with E-state index >= 15 is 0 Å². The molecule has 0 spiro atoms. The minimum Gasteiger partial charge on any atom is -0.310 e. The Morgan fingerprint density at radius 2 is 2.10 bits per heavy atom. The molecule has 1 heterocycles. The predicted molar refractivity (Wildman–Crippen MR) is 84.3 cm³/mol. The molecule has 1 fully saturated rings. The van der Waals surface area contributed by atoms with Crippen LogP contribution in [0.25, 0.3) is 0 Å². The first-order valence-electron chi connectivity index (χ1n) is 7.32. The van der Waals surface area contributed by atoms with Gasteiger partial charge in [0.2, 0.25) is 10.0 Å². The van der Waals surface area contributed by atoms with E-state index in [0.717, 1.165) is 18.5 Å². The van der Waals surface area contributed by atoms with Crippen molar-refractivity contribution >= 4 is 10.0 Å². The Bertz CT molecular complexity index is 588. The van der Waals surface area contributed by atoms with Gasteiger partial charge in [0.15, 0.2) is 0 Å². The van der Waals surface area contributed by atoms with E-state index in [1.165, 1.54) is 6.07 Å². The highest BCUT2D eigenvalue weighted by Gasteiger charge is 2.28. The topological polar surface area (TPSA) is 75.4 Å². The maximum absolute atomic E-state index is 11.4. The van der Waals surface area contributed by atoms with Gasteiger partial charge in [0, 0.05) is 25.2 Å². The quantitative estimate of drug-likeness (QED) is 0.875. The molecule has 0 saturated carbocycles. The lowest BCUT2D eigenvalue weighted by molar-refractivity contribution is 0.121. The minimum absolute atomic E-state index is 0.173. The van der Waals surface area contributed by atoms with Gasteiger partial charge in [-0.1, -0.05) is 19.1 Å². The number of primary sulfonamides is 1. The zero-order valence-corrected chi connectivity index (χ0v) is 13.7. The summed E-state index contributed by atoms with van der Waals surface area (Å²) in [6, 6.07) is 7.84. The summed E-state index contributed by atoms with van der Waals surface area (Å²) in [7, 11) is -1.47. The van der Waals surface area contributed by atoms with Crippen LogP contribution in [0.1, 0.15) is 25.8 Å². The van der Waals surface area contributed by atoms with Crippen molar-refractivity contribution in [3.8, 4) is 0 Å². The molecule has 1 aliphatic heterocycles. The molecule has 6 heteroatoms. The van der Waals surface area contributed by atoms with E-state index in [9.17, 15) is 8.42 Å². The molecule has 118 valence electrons. The van der Waals surface area contributed by atoms with E-state index in [-0.39, 0.29) is 4.90 Å². The van der Waals surface area contributed by atoms with Gasteiger partial charge in [0.1, 0.15) is 0 Å². The highest BCUT2D eigenvalue weighted by molar-refractivity contribution is 7.89. The fraction of sp³-hybridized carbons (Fsp3) is 0.600. The van der Waals surface area contributed by atoms with Crippen molar-refractivity contribution < 1.29 is 8.42 Å². The monoisotopic (exact) mass is 311 g/mol. The molecule has 3 unspecified atom stereocenters. The molecule has 0 amide bonds. The first-order valence-corrected chi connectivity index (χ1v) is 8.87.